The molecular weight excluding hydrogens is 282 g/mol. The Bertz CT molecular complexity index is 530. The van der Waals surface area contributed by atoms with Gasteiger partial charge >= 0.3 is 0 Å². The minimum absolute atomic E-state index is 0.00917. The molecule has 0 bridgehead atoms. The topological polar surface area (TPSA) is 84.9 Å². The minimum atomic E-state index is -3.73. The Hall–Kier alpha value is -1.15. The van der Waals surface area contributed by atoms with Crippen LogP contribution in [0.15, 0.2) is 23.1 Å². The Morgan fingerprint density at radius 1 is 1.40 bits per heavy atom. The summed E-state index contributed by atoms with van der Waals surface area (Å²) in [7, 11) is -2.33. The molecule has 0 aromatic heterocycles. The van der Waals surface area contributed by atoms with E-state index in [0.29, 0.717) is 12.2 Å². The van der Waals surface area contributed by atoms with Gasteiger partial charge in [-0.15, -0.1) is 0 Å². The van der Waals surface area contributed by atoms with Crippen molar-refractivity contribution in [2.45, 2.75) is 31.4 Å². The number of hydrogen-bond donors (Lipinski definition) is 2. The molecule has 0 aliphatic carbocycles. The fraction of sp³-hybridized carbons (Fsp3) is 0.538. The molecule has 1 unspecified atom stereocenters. The maximum Gasteiger partial charge on any atom is 0.244 e. The summed E-state index contributed by atoms with van der Waals surface area (Å²) in [6.07, 6.45) is 0. The van der Waals surface area contributed by atoms with Crippen molar-refractivity contribution in [1.29, 1.82) is 0 Å². The average Bonchev–Trinajstić information content (AvgIpc) is 2.43. The van der Waals surface area contributed by atoms with Gasteiger partial charge in [0.1, 0.15) is 10.6 Å². The van der Waals surface area contributed by atoms with Crippen LogP contribution in [0.2, 0.25) is 0 Å². The Morgan fingerprint density at radius 3 is 2.65 bits per heavy atom. The quantitative estimate of drug-likeness (QED) is 0.745. The maximum atomic E-state index is 12.3. The van der Waals surface area contributed by atoms with Crippen LogP contribution in [0.1, 0.15) is 19.4 Å². The van der Waals surface area contributed by atoms with Crippen LogP contribution in [0.4, 0.5) is 0 Å². The number of hydrogen-bond acceptors (Lipinski definition) is 5. The van der Waals surface area contributed by atoms with E-state index in [0.717, 1.165) is 0 Å². The number of nitrogens with one attached hydrogen (secondary N) is 1. The van der Waals surface area contributed by atoms with E-state index in [4.69, 9.17) is 14.6 Å². The first kappa shape index (κ1) is 16.9. The van der Waals surface area contributed by atoms with Crippen molar-refractivity contribution >= 4 is 10.0 Å². The van der Waals surface area contributed by atoms with Crippen LogP contribution in [0.5, 0.6) is 5.75 Å². The minimum Gasteiger partial charge on any atom is -0.495 e. The number of methoxy groups -OCH3 is 1. The Balaban J connectivity index is 3.01. The molecule has 0 saturated heterocycles. The summed E-state index contributed by atoms with van der Waals surface area (Å²) >= 11 is 0. The van der Waals surface area contributed by atoms with Crippen molar-refractivity contribution in [1.82, 2.24) is 4.72 Å². The second-order valence-corrected chi connectivity index (χ2v) is 6.01. The summed E-state index contributed by atoms with van der Waals surface area (Å²) in [5, 5.41) is 9.11. The first-order valence-corrected chi connectivity index (χ1v) is 7.80. The molecule has 0 saturated carbocycles. The molecule has 7 heteroatoms. The summed E-state index contributed by atoms with van der Waals surface area (Å²) in [6.45, 7) is 4.14. The molecule has 1 aromatic carbocycles. The van der Waals surface area contributed by atoms with Gasteiger partial charge in [0.25, 0.3) is 0 Å². The molecule has 114 valence electrons. The standard InChI is InChI=1S/C13H21NO5S/c1-4-19-9-10(2)14-20(16,17)13-7-11(8-15)5-6-12(13)18-3/h5-7,10,14-15H,4,8-9H2,1-3H3. The van der Waals surface area contributed by atoms with Crippen LogP contribution in [0, 0.1) is 0 Å². The summed E-state index contributed by atoms with van der Waals surface area (Å²) in [4.78, 5) is 0.00917. The van der Waals surface area contributed by atoms with Gasteiger partial charge in [-0.3, -0.25) is 0 Å². The van der Waals surface area contributed by atoms with Gasteiger partial charge in [0.05, 0.1) is 20.3 Å². The molecule has 1 atom stereocenters. The van der Waals surface area contributed by atoms with E-state index in [1.54, 1.807) is 13.0 Å². The fourth-order valence-corrected chi connectivity index (χ4v) is 3.13. The van der Waals surface area contributed by atoms with Crippen molar-refractivity contribution in [2.75, 3.05) is 20.3 Å². The largest absolute Gasteiger partial charge is 0.495 e. The molecule has 0 aliphatic heterocycles. The molecule has 0 fully saturated rings. The van der Waals surface area contributed by atoms with Crippen molar-refractivity contribution < 1.29 is 23.0 Å². The van der Waals surface area contributed by atoms with E-state index < -0.39 is 10.0 Å². The predicted octanol–water partition coefficient (Wildman–Crippen LogP) is 0.891. The lowest BCUT2D eigenvalue weighted by molar-refractivity contribution is 0.133. The van der Waals surface area contributed by atoms with Gasteiger partial charge in [-0.25, -0.2) is 13.1 Å². The average molecular weight is 303 g/mol. The van der Waals surface area contributed by atoms with Gasteiger partial charge in [0, 0.05) is 12.6 Å². The normalized spacial score (nSPS) is 13.2. The number of benzene rings is 1. The van der Waals surface area contributed by atoms with Crippen LogP contribution in [0.25, 0.3) is 0 Å². The molecule has 6 nitrogen and oxygen atoms in total. The number of ether oxygens (including phenoxy) is 2. The highest BCUT2D eigenvalue weighted by atomic mass is 32.2. The zero-order valence-electron chi connectivity index (χ0n) is 11.9. The molecule has 0 amide bonds. The van der Waals surface area contributed by atoms with Crippen LogP contribution in [-0.2, 0) is 21.4 Å². The molecule has 1 rings (SSSR count). The third-order valence-electron chi connectivity index (χ3n) is 2.63. The maximum absolute atomic E-state index is 12.3. The Kier molecular flexibility index (Phi) is 6.41. The lowest BCUT2D eigenvalue weighted by Crippen LogP contribution is -2.36. The Labute approximate surface area is 119 Å². The van der Waals surface area contributed by atoms with Gasteiger partial charge in [-0.2, -0.15) is 0 Å². The van der Waals surface area contributed by atoms with Gasteiger partial charge in [0.15, 0.2) is 0 Å². The molecule has 0 heterocycles. The molecule has 0 aliphatic rings. The van der Waals surface area contributed by atoms with E-state index in [1.165, 1.54) is 19.2 Å². The Morgan fingerprint density at radius 2 is 2.10 bits per heavy atom. The van der Waals surface area contributed by atoms with Gasteiger partial charge in [-0.05, 0) is 31.5 Å². The molecule has 2 N–H and O–H groups in total. The van der Waals surface area contributed by atoms with Crippen molar-refractivity contribution in [3.8, 4) is 5.75 Å². The number of aliphatic hydroxyl groups is 1. The molecule has 1 aromatic rings. The monoisotopic (exact) mass is 303 g/mol. The van der Waals surface area contributed by atoms with E-state index in [9.17, 15) is 8.42 Å². The zero-order chi connectivity index (χ0) is 15.2. The van der Waals surface area contributed by atoms with E-state index >= 15 is 0 Å². The van der Waals surface area contributed by atoms with Crippen molar-refractivity contribution in [2.24, 2.45) is 0 Å². The smallest absolute Gasteiger partial charge is 0.244 e. The number of rotatable bonds is 8. The molecular formula is C13H21NO5S. The van der Waals surface area contributed by atoms with Crippen LogP contribution in [0.3, 0.4) is 0 Å². The van der Waals surface area contributed by atoms with Crippen LogP contribution >= 0.6 is 0 Å². The summed E-state index contributed by atoms with van der Waals surface area (Å²) in [5.41, 5.74) is 0.503. The summed E-state index contributed by atoms with van der Waals surface area (Å²) < 4.78 is 37.4. The van der Waals surface area contributed by atoms with Crippen molar-refractivity contribution in [3.05, 3.63) is 23.8 Å². The van der Waals surface area contributed by atoms with Gasteiger partial charge in [0.2, 0.25) is 10.0 Å². The van der Waals surface area contributed by atoms with E-state index in [2.05, 4.69) is 4.72 Å². The highest BCUT2D eigenvalue weighted by Gasteiger charge is 2.22. The predicted molar refractivity (Wildman–Crippen MR) is 75.2 cm³/mol. The highest BCUT2D eigenvalue weighted by Crippen LogP contribution is 2.25. The second-order valence-electron chi connectivity index (χ2n) is 4.33. The third-order valence-corrected chi connectivity index (χ3v) is 4.24. The number of aliphatic hydroxyl groups excluding tert-OH is 1. The van der Waals surface area contributed by atoms with Crippen LogP contribution < -0.4 is 9.46 Å². The van der Waals surface area contributed by atoms with Crippen LogP contribution in [-0.4, -0.2) is 39.9 Å². The highest BCUT2D eigenvalue weighted by molar-refractivity contribution is 7.89. The summed E-state index contributed by atoms with van der Waals surface area (Å²) in [6, 6.07) is 4.17. The van der Waals surface area contributed by atoms with Gasteiger partial charge < -0.3 is 14.6 Å². The van der Waals surface area contributed by atoms with E-state index in [1.807, 2.05) is 6.92 Å². The summed E-state index contributed by atoms with van der Waals surface area (Å²) in [5.74, 6) is 0.235. The second kappa shape index (κ2) is 7.58. The first-order chi connectivity index (χ1) is 9.44. The zero-order valence-corrected chi connectivity index (χ0v) is 12.7. The lowest BCUT2D eigenvalue weighted by atomic mass is 10.2. The SMILES string of the molecule is CCOCC(C)NS(=O)(=O)c1cc(CO)ccc1OC. The van der Waals surface area contributed by atoms with Gasteiger partial charge in [-0.1, -0.05) is 6.07 Å². The molecule has 0 radical (unpaired) electrons. The van der Waals surface area contributed by atoms with Crippen molar-refractivity contribution in [3.63, 3.8) is 0 Å². The lowest BCUT2D eigenvalue weighted by Gasteiger charge is -2.16. The molecule has 0 spiro atoms. The number of sulfonamides is 1. The first-order valence-electron chi connectivity index (χ1n) is 6.32. The fourth-order valence-electron chi connectivity index (χ4n) is 1.69. The van der Waals surface area contributed by atoms with E-state index in [-0.39, 0.29) is 29.9 Å². The third kappa shape index (κ3) is 4.45. The molecule has 20 heavy (non-hydrogen) atoms.